The van der Waals surface area contributed by atoms with Crippen LogP contribution in [0.2, 0.25) is 0 Å². The summed E-state index contributed by atoms with van der Waals surface area (Å²) in [5, 5.41) is 16.7. The molecule has 4 heteroatoms. The molecule has 0 aliphatic carbocycles. The number of carbonyl (C=O) groups excluding carboxylic acids is 1. The van der Waals surface area contributed by atoms with Gasteiger partial charge in [-0.1, -0.05) is 0 Å². The summed E-state index contributed by atoms with van der Waals surface area (Å²) in [6, 6.07) is 0. The molecule has 0 spiro atoms. The topological polar surface area (TPSA) is 63.2 Å². The van der Waals surface area contributed by atoms with Crippen molar-refractivity contribution < 1.29 is 15.0 Å². The zero-order valence-electron chi connectivity index (χ0n) is 2.43. The molecule has 5 heavy (non-hydrogen) atoms. The van der Waals surface area contributed by atoms with Gasteiger partial charge in [-0.25, -0.2) is 0 Å². The van der Waals surface area contributed by atoms with Crippen LogP contribution in [0.1, 0.15) is 0 Å². The fourth-order valence-electron chi connectivity index (χ4n) is 0. The van der Waals surface area contributed by atoms with Crippen LogP contribution in [0.3, 0.4) is 0 Å². The SMILES string of the molecule is O=C([O-])[O-].[Mg]. The Morgan fingerprint density at radius 1 is 1.40 bits per heavy atom. The van der Waals surface area contributed by atoms with E-state index < -0.39 is 6.16 Å². The van der Waals surface area contributed by atoms with Crippen LogP contribution >= 0.6 is 0 Å². The Morgan fingerprint density at radius 2 is 1.40 bits per heavy atom. The first kappa shape index (κ1) is 8.90. The Balaban J connectivity index is 0. The van der Waals surface area contributed by atoms with Gasteiger partial charge >= 0.3 is 0 Å². The second-order valence-corrected chi connectivity index (χ2v) is 0.250. The highest BCUT2D eigenvalue weighted by Crippen LogP contribution is 1.21. The first-order valence-electron chi connectivity index (χ1n) is 0.612. The van der Waals surface area contributed by atoms with Crippen LogP contribution in [0.5, 0.6) is 0 Å². The minimum absolute atomic E-state index is 0. The van der Waals surface area contributed by atoms with Crippen LogP contribution in [0.25, 0.3) is 0 Å². The zero-order chi connectivity index (χ0) is 3.58. The van der Waals surface area contributed by atoms with Crippen molar-refractivity contribution in [2.45, 2.75) is 0 Å². The van der Waals surface area contributed by atoms with Crippen molar-refractivity contribution in [3.05, 3.63) is 0 Å². The van der Waals surface area contributed by atoms with Gasteiger partial charge in [0.25, 0.3) is 0 Å². The monoisotopic (exact) mass is 84.0 g/mol. The number of hydrogen-bond acceptors (Lipinski definition) is 3. The molecule has 0 unspecified atom stereocenters. The second-order valence-electron chi connectivity index (χ2n) is 0.250. The van der Waals surface area contributed by atoms with E-state index in [9.17, 15) is 0 Å². The van der Waals surface area contributed by atoms with Crippen molar-refractivity contribution in [1.29, 1.82) is 0 Å². The summed E-state index contributed by atoms with van der Waals surface area (Å²) in [6.45, 7) is 0. The van der Waals surface area contributed by atoms with Gasteiger partial charge in [0.2, 0.25) is 0 Å². The summed E-state index contributed by atoms with van der Waals surface area (Å²) in [5.74, 6) is 0. The molecule has 0 rings (SSSR count). The molecule has 0 heterocycles. The lowest BCUT2D eigenvalue weighted by Crippen LogP contribution is -2.37. The molecule has 26 valence electrons. The average molecular weight is 84.3 g/mol. The third-order valence-corrected chi connectivity index (χ3v) is 0. The molecule has 0 fully saturated rings. The van der Waals surface area contributed by atoms with Gasteiger partial charge in [0, 0.05) is 23.1 Å². The summed E-state index contributed by atoms with van der Waals surface area (Å²) < 4.78 is 0. The van der Waals surface area contributed by atoms with Gasteiger partial charge in [-0.15, -0.1) is 0 Å². The fraction of sp³-hybridized carbons (Fsp3) is 0. The number of carbonyl (C=O) groups is 1. The van der Waals surface area contributed by atoms with E-state index in [0.717, 1.165) is 0 Å². The number of carboxylic acid groups (broad SMARTS) is 2. The highest BCUT2D eigenvalue weighted by Gasteiger charge is 1.26. The lowest BCUT2D eigenvalue weighted by molar-refractivity contribution is -0.415. The molecular formula is CMgO3-2. The molecule has 0 aliphatic rings. The summed E-state index contributed by atoms with van der Waals surface area (Å²) in [6.07, 6.45) is -2.33. The van der Waals surface area contributed by atoms with Crippen LogP contribution in [-0.2, 0) is 0 Å². The normalized spacial score (nSPS) is 4.80. The lowest BCUT2D eigenvalue weighted by atomic mass is 11.5. The number of hydrogen-bond donors (Lipinski definition) is 0. The molecule has 0 amide bonds. The summed E-state index contributed by atoms with van der Waals surface area (Å²) in [5.41, 5.74) is 0. The Bertz CT molecular complexity index is 29.9. The highest BCUT2D eigenvalue weighted by atomic mass is 24.3. The maximum absolute atomic E-state index is 8.33. The minimum atomic E-state index is -2.33. The van der Waals surface area contributed by atoms with Gasteiger partial charge in [-0.3, -0.25) is 0 Å². The van der Waals surface area contributed by atoms with E-state index in [2.05, 4.69) is 0 Å². The predicted octanol–water partition coefficient (Wildman–Crippen LogP) is -2.83. The van der Waals surface area contributed by atoms with E-state index in [1.807, 2.05) is 0 Å². The lowest BCUT2D eigenvalue weighted by Gasteiger charge is -1.96. The van der Waals surface area contributed by atoms with Gasteiger partial charge < -0.3 is 15.0 Å². The van der Waals surface area contributed by atoms with Crippen LogP contribution < -0.4 is 10.2 Å². The quantitative estimate of drug-likeness (QED) is 0.297. The smallest absolute Gasteiger partial charge is 0 e. The van der Waals surface area contributed by atoms with Gasteiger partial charge in [-0.2, -0.15) is 0 Å². The van der Waals surface area contributed by atoms with Crippen molar-refractivity contribution in [2.75, 3.05) is 0 Å². The fourth-order valence-corrected chi connectivity index (χ4v) is 0. The Labute approximate surface area is 44.8 Å². The molecule has 3 nitrogen and oxygen atoms in total. The van der Waals surface area contributed by atoms with Gasteiger partial charge in [0.1, 0.15) is 0 Å². The average Bonchev–Trinajstić information content (AvgIpc) is 0.811. The molecule has 0 N–H and O–H groups in total. The van der Waals surface area contributed by atoms with Crippen LogP contribution in [0.15, 0.2) is 0 Å². The molecule has 0 aromatic rings. The Morgan fingerprint density at radius 3 is 1.40 bits per heavy atom. The largest absolute Gasteiger partial charge is 0.652 e. The van der Waals surface area contributed by atoms with E-state index in [1.165, 1.54) is 0 Å². The minimum Gasteiger partial charge on any atom is -0.652 e. The number of rotatable bonds is 0. The standard InChI is InChI=1S/CH2O3.Mg/c2-1(3)4;/h(H2,2,3,4);/p-2. The Kier molecular flexibility index (Phi) is 7.18. The molecule has 0 atom stereocenters. The first-order chi connectivity index (χ1) is 1.73. The predicted molar refractivity (Wildman–Crippen MR) is 11.1 cm³/mol. The third kappa shape index (κ3) is 12700. The van der Waals surface area contributed by atoms with Crippen molar-refractivity contribution in [3.63, 3.8) is 0 Å². The molecule has 0 saturated heterocycles. The van der Waals surface area contributed by atoms with E-state index in [0.29, 0.717) is 0 Å². The molecule has 2 radical (unpaired) electrons. The van der Waals surface area contributed by atoms with E-state index in [-0.39, 0.29) is 23.1 Å². The van der Waals surface area contributed by atoms with Crippen LogP contribution in [-0.4, -0.2) is 29.2 Å². The summed E-state index contributed by atoms with van der Waals surface area (Å²) >= 11 is 0. The maximum Gasteiger partial charge on any atom is 0 e. The Hall–Kier alpha value is 0.0362. The highest BCUT2D eigenvalue weighted by molar-refractivity contribution is 5.75. The van der Waals surface area contributed by atoms with E-state index >= 15 is 0 Å². The van der Waals surface area contributed by atoms with Crippen LogP contribution in [0.4, 0.5) is 4.79 Å². The van der Waals surface area contributed by atoms with E-state index in [4.69, 9.17) is 15.0 Å². The molecule has 0 aromatic carbocycles. The molecule has 0 aliphatic heterocycles. The van der Waals surface area contributed by atoms with Gasteiger partial charge in [-0.05, 0) is 6.16 Å². The van der Waals surface area contributed by atoms with Crippen molar-refractivity contribution in [2.24, 2.45) is 0 Å². The third-order valence-electron chi connectivity index (χ3n) is 0. The van der Waals surface area contributed by atoms with Crippen molar-refractivity contribution in [1.82, 2.24) is 0 Å². The van der Waals surface area contributed by atoms with Gasteiger partial charge in [0.05, 0.1) is 0 Å². The van der Waals surface area contributed by atoms with Crippen LogP contribution in [0, 0.1) is 0 Å². The molecular weight excluding hydrogens is 84.3 g/mol. The molecule has 0 bridgehead atoms. The molecule has 0 aromatic heterocycles. The zero-order valence-corrected chi connectivity index (χ0v) is 3.85. The summed E-state index contributed by atoms with van der Waals surface area (Å²) in [4.78, 5) is 8.33. The van der Waals surface area contributed by atoms with Gasteiger partial charge in [0.15, 0.2) is 0 Å². The summed E-state index contributed by atoms with van der Waals surface area (Å²) in [7, 11) is 0. The van der Waals surface area contributed by atoms with Crippen molar-refractivity contribution >= 4 is 29.2 Å². The van der Waals surface area contributed by atoms with Crippen molar-refractivity contribution in [3.8, 4) is 0 Å². The first-order valence-corrected chi connectivity index (χ1v) is 0.612. The maximum atomic E-state index is 8.33. The molecule has 0 saturated carbocycles. The second kappa shape index (κ2) is 4.04. The van der Waals surface area contributed by atoms with E-state index in [1.54, 1.807) is 0 Å².